The molecule has 5 rings (SSSR count). The zero-order valence-corrected chi connectivity index (χ0v) is 19.4. The van der Waals surface area contributed by atoms with Crippen LogP contribution in [0.25, 0.3) is 11.3 Å². The molecule has 3 aromatic carbocycles. The molecule has 1 fully saturated rings. The number of hydrogen-bond donors (Lipinski definition) is 0. The zero-order chi connectivity index (χ0) is 22.5. The van der Waals surface area contributed by atoms with Crippen molar-refractivity contribution in [3.8, 4) is 11.3 Å². The van der Waals surface area contributed by atoms with Crippen molar-refractivity contribution in [3.63, 3.8) is 0 Å². The van der Waals surface area contributed by atoms with E-state index in [0.29, 0.717) is 6.04 Å². The third-order valence-electron chi connectivity index (χ3n) is 6.74. The minimum Gasteiger partial charge on any atom is -0.461 e. The van der Waals surface area contributed by atoms with Gasteiger partial charge in [-0.25, -0.2) is 0 Å². The molecule has 0 bridgehead atoms. The van der Waals surface area contributed by atoms with Crippen molar-refractivity contribution in [2.45, 2.75) is 19.4 Å². The van der Waals surface area contributed by atoms with Crippen molar-refractivity contribution in [3.05, 3.63) is 120 Å². The molecular weight excluding hydrogens is 404 g/mol. The topological polar surface area (TPSA) is 19.6 Å². The second kappa shape index (κ2) is 10.2. The molecule has 0 aliphatic carbocycles. The van der Waals surface area contributed by atoms with Crippen LogP contribution >= 0.6 is 0 Å². The molecule has 0 spiro atoms. The summed E-state index contributed by atoms with van der Waals surface area (Å²) in [6, 6.07) is 34.7. The van der Waals surface area contributed by atoms with Gasteiger partial charge in [0.2, 0.25) is 0 Å². The van der Waals surface area contributed by atoms with Crippen molar-refractivity contribution in [2.75, 3.05) is 32.7 Å². The zero-order valence-electron chi connectivity index (χ0n) is 19.4. The summed E-state index contributed by atoms with van der Waals surface area (Å²) in [4.78, 5) is 5.21. The van der Waals surface area contributed by atoms with Crippen LogP contribution in [0.4, 0.5) is 0 Å². The molecular formula is C30H32N2O. The SMILES string of the molecule is Cc1cc(-c2ccccc2)oc1CCN1CCN(C(c2ccccc2)c2ccccc2)CC1. The molecule has 0 atom stereocenters. The van der Waals surface area contributed by atoms with Gasteiger partial charge in [-0.15, -0.1) is 0 Å². The first-order valence-electron chi connectivity index (χ1n) is 12.0. The lowest BCUT2D eigenvalue weighted by atomic mass is 9.96. The third kappa shape index (κ3) is 5.11. The highest BCUT2D eigenvalue weighted by molar-refractivity contribution is 5.58. The minimum absolute atomic E-state index is 0.315. The quantitative estimate of drug-likeness (QED) is 0.344. The molecule has 3 heteroatoms. The van der Waals surface area contributed by atoms with E-state index in [9.17, 15) is 0 Å². The molecule has 1 aliphatic rings. The fraction of sp³-hybridized carbons (Fsp3) is 0.267. The highest BCUT2D eigenvalue weighted by Gasteiger charge is 2.26. The van der Waals surface area contributed by atoms with Crippen LogP contribution in [0.2, 0.25) is 0 Å². The summed E-state index contributed by atoms with van der Waals surface area (Å²) in [5, 5.41) is 0. The number of hydrogen-bond acceptors (Lipinski definition) is 3. The van der Waals surface area contributed by atoms with Gasteiger partial charge in [0.1, 0.15) is 11.5 Å². The molecule has 1 aromatic heterocycles. The fourth-order valence-electron chi connectivity index (χ4n) is 4.90. The Morgan fingerprint density at radius 2 is 1.27 bits per heavy atom. The Morgan fingerprint density at radius 3 is 1.85 bits per heavy atom. The smallest absolute Gasteiger partial charge is 0.134 e. The second-order valence-electron chi connectivity index (χ2n) is 8.93. The second-order valence-corrected chi connectivity index (χ2v) is 8.93. The summed E-state index contributed by atoms with van der Waals surface area (Å²) in [6.07, 6.45) is 0.958. The summed E-state index contributed by atoms with van der Waals surface area (Å²) in [5.74, 6) is 2.09. The van der Waals surface area contributed by atoms with Crippen molar-refractivity contribution in [2.24, 2.45) is 0 Å². The Labute approximate surface area is 197 Å². The van der Waals surface area contributed by atoms with Crippen LogP contribution in [0, 0.1) is 6.92 Å². The maximum Gasteiger partial charge on any atom is 0.134 e. The molecule has 0 N–H and O–H groups in total. The summed E-state index contributed by atoms with van der Waals surface area (Å²) in [7, 11) is 0. The van der Waals surface area contributed by atoms with E-state index in [1.807, 2.05) is 6.07 Å². The highest BCUT2D eigenvalue weighted by Crippen LogP contribution is 2.30. The van der Waals surface area contributed by atoms with E-state index in [0.717, 1.165) is 56.2 Å². The Bertz CT molecular complexity index is 1090. The van der Waals surface area contributed by atoms with Crippen LogP contribution < -0.4 is 0 Å². The number of piperazine rings is 1. The summed E-state index contributed by atoms with van der Waals surface area (Å²) < 4.78 is 6.23. The number of rotatable bonds is 7. The van der Waals surface area contributed by atoms with Gasteiger partial charge >= 0.3 is 0 Å². The van der Waals surface area contributed by atoms with Crippen LogP contribution in [0.5, 0.6) is 0 Å². The van der Waals surface area contributed by atoms with Crippen molar-refractivity contribution in [1.82, 2.24) is 9.80 Å². The summed E-state index contributed by atoms with van der Waals surface area (Å²) in [5.41, 5.74) is 5.14. The van der Waals surface area contributed by atoms with Crippen LogP contribution in [0.1, 0.15) is 28.5 Å². The Morgan fingerprint density at radius 1 is 0.727 bits per heavy atom. The fourth-order valence-corrected chi connectivity index (χ4v) is 4.90. The van der Waals surface area contributed by atoms with E-state index in [-0.39, 0.29) is 0 Å². The first-order valence-corrected chi connectivity index (χ1v) is 12.0. The number of aryl methyl sites for hydroxylation is 1. The summed E-state index contributed by atoms with van der Waals surface area (Å²) in [6.45, 7) is 7.51. The molecule has 0 saturated carbocycles. The highest BCUT2D eigenvalue weighted by atomic mass is 16.3. The average molecular weight is 437 g/mol. The van der Waals surface area contributed by atoms with Gasteiger partial charge < -0.3 is 9.32 Å². The molecule has 33 heavy (non-hydrogen) atoms. The van der Waals surface area contributed by atoms with E-state index in [1.54, 1.807) is 0 Å². The van der Waals surface area contributed by atoms with Crippen LogP contribution in [-0.2, 0) is 6.42 Å². The first kappa shape index (κ1) is 21.7. The van der Waals surface area contributed by atoms with E-state index in [1.165, 1.54) is 16.7 Å². The Balaban J connectivity index is 1.22. The van der Waals surface area contributed by atoms with Gasteiger partial charge in [0.15, 0.2) is 0 Å². The molecule has 1 aliphatic heterocycles. The largest absolute Gasteiger partial charge is 0.461 e. The minimum atomic E-state index is 0.315. The molecule has 0 amide bonds. The van der Waals surface area contributed by atoms with Gasteiger partial charge in [0.25, 0.3) is 0 Å². The van der Waals surface area contributed by atoms with Gasteiger partial charge in [-0.3, -0.25) is 4.90 Å². The van der Waals surface area contributed by atoms with Crippen LogP contribution in [-0.4, -0.2) is 42.5 Å². The predicted molar refractivity (Wildman–Crippen MR) is 135 cm³/mol. The maximum absolute atomic E-state index is 6.23. The van der Waals surface area contributed by atoms with Gasteiger partial charge in [-0.05, 0) is 29.7 Å². The Hall–Kier alpha value is -3.14. The lowest BCUT2D eigenvalue weighted by molar-refractivity contribution is 0.109. The van der Waals surface area contributed by atoms with Gasteiger partial charge in [0.05, 0.1) is 6.04 Å². The standard InChI is InChI=1S/C30H32N2O/c1-24-23-29(25-11-5-2-6-12-25)33-28(24)17-18-31-19-21-32(22-20-31)30(26-13-7-3-8-14-26)27-15-9-4-10-16-27/h2-16,23,30H,17-22H2,1H3. The average Bonchev–Trinajstić information content (AvgIpc) is 3.26. The number of furan rings is 1. The van der Waals surface area contributed by atoms with Crippen molar-refractivity contribution >= 4 is 0 Å². The van der Waals surface area contributed by atoms with Gasteiger partial charge in [-0.1, -0.05) is 91.0 Å². The normalized spacial score (nSPS) is 15.2. The molecule has 4 aromatic rings. The van der Waals surface area contributed by atoms with E-state index >= 15 is 0 Å². The first-order chi connectivity index (χ1) is 16.3. The van der Waals surface area contributed by atoms with Gasteiger partial charge in [0, 0.05) is 44.7 Å². The molecule has 1 saturated heterocycles. The van der Waals surface area contributed by atoms with E-state index in [4.69, 9.17) is 4.42 Å². The lowest BCUT2D eigenvalue weighted by Crippen LogP contribution is -2.48. The maximum atomic E-state index is 6.23. The van der Waals surface area contributed by atoms with Crippen molar-refractivity contribution in [1.29, 1.82) is 0 Å². The van der Waals surface area contributed by atoms with Crippen molar-refractivity contribution < 1.29 is 4.42 Å². The van der Waals surface area contributed by atoms with Crippen LogP contribution in [0.3, 0.4) is 0 Å². The summed E-state index contributed by atoms with van der Waals surface area (Å²) >= 11 is 0. The Kier molecular flexibility index (Phi) is 6.71. The third-order valence-corrected chi connectivity index (χ3v) is 6.74. The molecule has 0 radical (unpaired) electrons. The molecule has 2 heterocycles. The molecule has 3 nitrogen and oxygen atoms in total. The number of benzene rings is 3. The molecule has 168 valence electrons. The monoisotopic (exact) mass is 436 g/mol. The van der Waals surface area contributed by atoms with E-state index in [2.05, 4.69) is 108 Å². The lowest BCUT2D eigenvalue weighted by Gasteiger charge is -2.39. The number of nitrogens with zero attached hydrogens (tertiary/aromatic N) is 2. The molecule has 0 unspecified atom stereocenters. The van der Waals surface area contributed by atoms with E-state index < -0.39 is 0 Å². The van der Waals surface area contributed by atoms with Gasteiger partial charge in [-0.2, -0.15) is 0 Å². The predicted octanol–water partition coefficient (Wildman–Crippen LogP) is 6.20. The van der Waals surface area contributed by atoms with Crippen LogP contribution in [0.15, 0.2) is 101 Å².